The summed E-state index contributed by atoms with van der Waals surface area (Å²) >= 11 is 5.39. The van der Waals surface area contributed by atoms with Gasteiger partial charge in [0.1, 0.15) is 5.82 Å². The second kappa shape index (κ2) is 4.55. The highest BCUT2D eigenvalue weighted by Crippen LogP contribution is 2.36. The lowest BCUT2D eigenvalue weighted by molar-refractivity contribution is 0.483. The Bertz CT molecular complexity index is 540. The standard InChI is InChI=1S/C12H14BrN3S/c1-8-6-16(5-4-14-8)12-11-9(13)7-17-10(11)2-3-15-12/h2-3,7-8,14H,4-6H2,1H3. The Balaban J connectivity index is 2.07. The van der Waals surface area contributed by atoms with Gasteiger partial charge in [-0.2, -0.15) is 0 Å². The third kappa shape index (κ3) is 2.07. The quantitative estimate of drug-likeness (QED) is 0.878. The molecule has 0 amide bonds. The van der Waals surface area contributed by atoms with E-state index in [0.717, 1.165) is 29.9 Å². The predicted molar refractivity (Wildman–Crippen MR) is 77.0 cm³/mol. The number of nitrogens with zero attached hydrogens (tertiary/aromatic N) is 2. The van der Waals surface area contributed by atoms with Gasteiger partial charge >= 0.3 is 0 Å². The van der Waals surface area contributed by atoms with Gasteiger partial charge in [-0.05, 0) is 28.9 Å². The highest BCUT2D eigenvalue weighted by molar-refractivity contribution is 9.10. The van der Waals surface area contributed by atoms with Gasteiger partial charge in [0.2, 0.25) is 0 Å². The summed E-state index contributed by atoms with van der Waals surface area (Å²) in [4.78, 5) is 6.95. The molecule has 2 aromatic rings. The summed E-state index contributed by atoms with van der Waals surface area (Å²) in [5.41, 5.74) is 0. The fraction of sp³-hybridized carbons (Fsp3) is 0.417. The first kappa shape index (κ1) is 11.4. The normalized spacial score (nSPS) is 21.1. The van der Waals surface area contributed by atoms with Gasteiger partial charge < -0.3 is 10.2 Å². The number of pyridine rings is 1. The van der Waals surface area contributed by atoms with E-state index in [1.807, 2.05) is 6.20 Å². The molecule has 3 nitrogen and oxygen atoms in total. The van der Waals surface area contributed by atoms with Crippen LogP contribution in [0.25, 0.3) is 10.1 Å². The SMILES string of the molecule is CC1CN(c2nccc3scc(Br)c23)CCN1. The van der Waals surface area contributed by atoms with Crippen molar-refractivity contribution in [2.24, 2.45) is 0 Å². The van der Waals surface area contributed by atoms with E-state index < -0.39 is 0 Å². The van der Waals surface area contributed by atoms with Gasteiger partial charge in [0.15, 0.2) is 0 Å². The lowest BCUT2D eigenvalue weighted by atomic mass is 10.2. The van der Waals surface area contributed by atoms with Crippen molar-refractivity contribution in [1.29, 1.82) is 0 Å². The Kier molecular flexibility index (Phi) is 3.06. The number of thiophene rings is 1. The molecule has 0 aromatic carbocycles. The molecule has 17 heavy (non-hydrogen) atoms. The monoisotopic (exact) mass is 311 g/mol. The van der Waals surface area contributed by atoms with E-state index in [4.69, 9.17) is 0 Å². The lowest BCUT2D eigenvalue weighted by Gasteiger charge is -2.33. The molecule has 3 rings (SSSR count). The van der Waals surface area contributed by atoms with E-state index in [1.165, 1.54) is 10.1 Å². The zero-order valence-electron chi connectivity index (χ0n) is 9.61. The van der Waals surface area contributed by atoms with E-state index >= 15 is 0 Å². The fourth-order valence-corrected chi connectivity index (χ4v) is 3.90. The Morgan fingerprint density at radius 3 is 3.29 bits per heavy atom. The summed E-state index contributed by atoms with van der Waals surface area (Å²) < 4.78 is 2.46. The van der Waals surface area contributed by atoms with Gasteiger partial charge in [0.25, 0.3) is 0 Å². The largest absolute Gasteiger partial charge is 0.353 e. The Morgan fingerprint density at radius 2 is 2.47 bits per heavy atom. The second-order valence-electron chi connectivity index (χ2n) is 4.39. The van der Waals surface area contributed by atoms with Crippen LogP contribution in [0.1, 0.15) is 6.92 Å². The number of halogens is 1. The van der Waals surface area contributed by atoms with Crippen molar-refractivity contribution < 1.29 is 0 Å². The van der Waals surface area contributed by atoms with Crippen LogP contribution in [0.3, 0.4) is 0 Å². The molecule has 1 unspecified atom stereocenters. The van der Waals surface area contributed by atoms with Crippen molar-refractivity contribution in [1.82, 2.24) is 10.3 Å². The molecule has 90 valence electrons. The highest BCUT2D eigenvalue weighted by atomic mass is 79.9. The third-order valence-corrected chi connectivity index (χ3v) is 4.97. The zero-order valence-corrected chi connectivity index (χ0v) is 12.0. The summed E-state index contributed by atoms with van der Waals surface area (Å²) in [7, 11) is 0. The molecule has 5 heteroatoms. The number of hydrogen-bond donors (Lipinski definition) is 1. The third-order valence-electron chi connectivity index (χ3n) is 3.09. The maximum Gasteiger partial charge on any atom is 0.138 e. The van der Waals surface area contributed by atoms with Gasteiger partial charge in [-0.15, -0.1) is 11.3 Å². The first-order chi connectivity index (χ1) is 8.25. The molecule has 0 saturated carbocycles. The minimum absolute atomic E-state index is 0.526. The van der Waals surface area contributed by atoms with Gasteiger partial charge in [-0.25, -0.2) is 4.98 Å². The summed E-state index contributed by atoms with van der Waals surface area (Å²) in [5.74, 6) is 1.11. The van der Waals surface area contributed by atoms with E-state index in [1.54, 1.807) is 11.3 Å². The number of hydrogen-bond acceptors (Lipinski definition) is 4. The van der Waals surface area contributed by atoms with E-state index in [0.29, 0.717) is 6.04 Å². The van der Waals surface area contributed by atoms with Crippen molar-refractivity contribution in [2.75, 3.05) is 24.5 Å². The average Bonchev–Trinajstić information content (AvgIpc) is 2.71. The first-order valence-electron chi connectivity index (χ1n) is 5.76. The minimum Gasteiger partial charge on any atom is -0.353 e. The van der Waals surface area contributed by atoms with Crippen LogP contribution in [-0.4, -0.2) is 30.7 Å². The van der Waals surface area contributed by atoms with Gasteiger partial charge in [-0.1, -0.05) is 0 Å². The summed E-state index contributed by atoms with van der Waals surface area (Å²) in [6, 6.07) is 2.61. The maximum absolute atomic E-state index is 4.57. The van der Waals surface area contributed by atoms with Crippen molar-refractivity contribution in [3.8, 4) is 0 Å². The average molecular weight is 312 g/mol. The predicted octanol–water partition coefficient (Wildman–Crippen LogP) is 2.86. The maximum atomic E-state index is 4.57. The van der Waals surface area contributed by atoms with Crippen LogP contribution in [-0.2, 0) is 0 Å². The molecule has 1 aliphatic heterocycles. The highest BCUT2D eigenvalue weighted by Gasteiger charge is 2.20. The first-order valence-corrected chi connectivity index (χ1v) is 7.43. The minimum atomic E-state index is 0.526. The molecule has 1 N–H and O–H groups in total. The molecular formula is C12H14BrN3S. The molecule has 3 heterocycles. The Hall–Kier alpha value is -0.650. The van der Waals surface area contributed by atoms with E-state index in [9.17, 15) is 0 Å². The van der Waals surface area contributed by atoms with E-state index in [2.05, 4.69) is 49.5 Å². The number of anilines is 1. The van der Waals surface area contributed by atoms with Gasteiger partial charge in [-0.3, -0.25) is 0 Å². The number of aromatic nitrogens is 1. The number of piperazine rings is 1. The Labute approximate surface area is 113 Å². The van der Waals surface area contributed by atoms with Crippen LogP contribution in [0.15, 0.2) is 22.1 Å². The molecule has 2 aromatic heterocycles. The summed E-state index contributed by atoms with van der Waals surface area (Å²) in [6.07, 6.45) is 1.91. The zero-order chi connectivity index (χ0) is 11.8. The topological polar surface area (TPSA) is 28.2 Å². The number of rotatable bonds is 1. The van der Waals surface area contributed by atoms with E-state index in [-0.39, 0.29) is 0 Å². The van der Waals surface area contributed by atoms with Crippen molar-refractivity contribution in [2.45, 2.75) is 13.0 Å². The number of nitrogens with one attached hydrogen (secondary N) is 1. The van der Waals surface area contributed by atoms with Crippen LogP contribution in [0.4, 0.5) is 5.82 Å². The smallest absolute Gasteiger partial charge is 0.138 e. The molecule has 0 aliphatic carbocycles. The molecule has 1 fully saturated rings. The van der Waals surface area contributed by atoms with Crippen LogP contribution in [0.2, 0.25) is 0 Å². The van der Waals surface area contributed by atoms with Gasteiger partial charge in [0, 0.05) is 51.8 Å². The molecule has 1 saturated heterocycles. The van der Waals surface area contributed by atoms with Gasteiger partial charge in [0.05, 0.1) is 0 Å². The molecular weight excluding hydrogens is 298 g/mol. The summed E-state index contributed by atoms with van der Waals surface area (Å²) in [5, 5.41) is 6.86. The van der Waals surface area contributed by atoms with Crippen molar-refractivity contribution in [3.63, 3.8) is 0 Å². The van der Waals surface area contributed by atoms with Crippen molar-refractivity contribution >= 4 is 43.2 Å². The lowest BCUT2D eigenvalue weighted by Crippen LogP contribution is -2.49. The fourth-order valence-electron chi connectivity index (χ4n) is 2.29. The molecule has 0 bridgehead atoms. The summed E-state index contributed by atoms with van der Waals surface area (Å²) in [6.45, 7) is 5.29. The van der Waals surface area contributed by atoms with Crippen LogP contribution in [0.5, 0.6) is 0 Å². The van der Waals surface area contributed by atoms with Crippen molar-refractivity contribution in [3.05, 3.63) is 22.1 Å². The van der Waals surface area contributed by atoms with Crippen LogP contribution >= 0.6 is 27.3 Å². The number of fused-ring (bicyclic) bond motifs is 1. The molecule has 1 aliphatic rings. The van der Waals surface area contributed by atoms with Crippen LogP contribution in [0, 0.1) is 0 Å². The molecule has 0 spiro atoms. The second-order valence-corrected chi connectivity index (χ2v) is 6.16. The Morgan fingerprint density at radius 1 is 1.59 bits per heavy atom. The molecule has 1 atom stereocenters. The van der Waals surface area contributed by atoms with Crippen LogP contribution < -0.4 is 10.2 Å². The molecule has 0 radical (unpaired) electrons.